The number of nitrogens with one attached hydrogen (secondary N) is 2. The summed E-state index contributed by atoms with van der Waals surface area (Å²) < 4.78 is 0. The summed E-state index contributed by atoms with van der Waals surface area (Å²) in [6, 6.07) is 16.5. The molecule has 1 amide bonds. The van der Waals surface area contributed by atoms with E-state index in [1.165, 1.54) is 6.33 Å². The summed E-state index contributed by atoms with van der Waals surface area (Å²) in [4.78, 5) is 20.7. The molecule has 128 valence electrons. The fourth-order valence-electron chi connectivity index (χ4n) is 2.50. The molecular formula is C20H17N5O. The summed E-state index contributed by atoms with van der Waals surface area (Å²) in [6.45, 7) is 3.94. The Morgan fingerprint density at radius 3 is 2.69 bits per heavy atom. The SMILES string of the molecule is Cc1ccc(NC(=O)c2cc(Nc3cccc(C#N)c3)ncn2)c(C)c1. The molecule has 1 heterocycles. The molecule has 0 aliphatic heterocycles. The van der Waals surface area contributed by atoms with Gasteiger partial charge in [0.05, 0.1) is 11.6 Å². The van der Waals surface area contributed by atoms with Crippen molar-refractivity contribution in [1.29, 1.82) is 5.26 Å². The molecule has 26 heavy (non-hydrogen) atoms. The maximum Gasteiger partial charge on any atom is 0.274 e. The summed E-state index contributed by atoms with van der Waals surface area (Å²) >= 11 is 0. The molecule has 0 bridgehead atoms. The number of carbonyl (C=O) groups is 1. The van der Waals surface area contributed by atoms with E-state index in [1.54, 1.807) is 24.3 Å². The lowest BCUT2D eigenvalue weighted by Gasteiger charge is -2.10. The van der Waals surface area contributed by atoms with E-state index in [0.717, 1.165) is 16.8 Å². The second-order valence-electron chi connectivity index (χ2n) is 5.88. The van der Waals surface area contributed by atoms with E-state index in [4.69, 9.17) is 5.26 Å². The molecule has 0 fully saturated rings. The molecule has 6 heteroatoms. The summed E-state index contributed by atoms with van der Waals surface area (Å²) in [5.74, 6) is 0.161. The number of hydrogen-bond acceptors (Lipinski definition) is 5. The molecule has 0 unspecified atom stereocenters. The number of anilines is 3. The van der Waals surface area contributed by atoms with Gasteiger partial charge in [-0.05, 0) is 43.7 Å². The Bertz CT molecular complexity index is 1010. The number of benzene rings is 2. The Kier molecular flexibility index (Phi) is 4.90. The normalized spacial score (nSPS) is 10.0. The largest absolute Gasteiger partial charge is 0.340 e. The highest BCUT2D eigenvalue weighted by Gasteiger charge is 2.11. The van der Waals surface area contributed by atoms with Gasteiger partial charge < -0.3 is 10.6 Å². The van der Waals surface area contributed by atoms with E-state index in [9.17, 15) is 4.79 Å². The van der Waals surface area contributed by atoms with Crippen molar-refractivity contribution >= 4 is 23.1 Å². The van der Waals surface area contributed by atoms with Crippen molar-refractivity contribution in [3.63, 3.8) is 0 Å². The van der Waals surface area contributed by atoms with Gasteiger partial charge in [0.1, 0.15) is 17.8 Å². The van der Waals surface area contributed by atoms with E-state index in [2.05, 4.69) is 26.7 Å². The van der Waals surface area contributed by atoms with Crippen LogP contribution in [0.2, 0.25) is 0 Å². The minimum atomic E-state index is -0.312. The second kappa shape index (κ2) is 7.45. The maximum atomic E-state index is 12.5. The van der Waals surface area contributed by atoms with Crippen molar-refractivity contribution in [2.24, 2.45) is 0 Å². The van der Waals surface area contributed by atoms with Gasteiger partial charge in [0.15, 0.2) is 0 Å². The molecular weight excluding hydrogens is 326 g/mol. The zero-order valence-corrected chi connectivity index (χ0v) is 14.4. The molecule has 6 nitrogen and oxygen atoms in total. The van der Waals surface area contributed by atoms with Gasteiger partial charge in [-0.2, -0.15) is 5.26 Å². The highest BCUT2D eigenvalue weighted by Crippen LogP contribution is 2.19. The number of aryl methyl sites for hydroxylation is 2. The van der Waals surface area contributed by atoms with Crippen LogP contribution in [0.3, 0.4) is 0 Å². The fourth-order valence-corrected chi connectivity index (χ4v) is 2.50. The van der Waals surface area contributed by atoms with E-state index in [1.807, 2.05) is 38.1 Å². The van der Waals surface area contributed by atoms with Crippen molar-refractivity contribution in [3.05, 3.63) is 77.2 Å². The lowest BCUT2D eigenvalue weighted by molar-refractivity contribution is 0.102. The highest BCUT2D eigenvalue weighted by molar-refractivity contribution is 6.03. The molecule has 0 spiro atoms. The van der Waals surface area contributed by atoms with Crippen molar-refractivity contribution in [3.8, 4) is 6.07 Å². The first kappa shape index (κ1) is 17.1. The van der Waals surface area contributed by atoms with Crippen LogP contribution in [0, 0.1) is 25.2 Å². The molecule has 0 atom stereocenters. The number of aromatic nitrogens is 2. The van der Waals surface area contributed by atoms with Crippen LogP contribution >= 0.6 is 0 Å². The average molecular weight is 343 g/mol. The molecule has 3 aromatic rings. The van der Waals surface area contributed by atoms with Crippen LogP contribution in [0.1, 0.15) is 27.2 Å². The Labute approximate surface area is 151 Å². The number of nitrogens with zero attached hydrogens (tertiary/aromatic N) is 3. The van der Waals surface area contributed by atoms with Gasteiger partial charge in [-0.25, -0.2) is 9.97 Å². The molecule has 0 aliphatic rings. The van der Waals surface area contributed by atoms with Crippen molar-refractivity contribution in [2.75, 3.05) is 10.6 Å². The summed E-state index contributed by atoms with van der Waals surface area (Å²) in [5, 5.41) is 14.9. The molecule has 3 rings (SSSR count). The van der Waals surface area contributed by atoms with E-state index in [-0.39, 0.29) is 11.6 Å². The Morgan fingerprint density at radius 1 is 1.08 bits per heavy atom. The molecule has 2 aromatic carbocycles. The third-order valence-corrected chi connectivity index (χ3v) is 3.79. The Hall–Kier alpha value is -3.72. The van der Waals surface area contributed by atoms with Crippen LogP contribution in [-0.2, 0) is 0 Å². The first-order chi connectivity index (χ1) is 12.5. The predicted molar refractivity (Wildman–Crippen MR) is 100 cm³/mol. The van der Waals surface area contributed by atoms with Gasteiger partial charge in [0.2, 0.25) is 0 Å². The minimum Gasteiger partial charge on any atom is -0.340 e. The minimum absolute atomic E-state index is 0.249. The molecule has 0 saturated heterocycles. The van der Waals surface area contributed by atoms with Gasteiger partial charge in [-0.3, -0.25) is 4.79 Å². The Balaban J connectivity index is 1.78. The Morgan fingerprint density at radius 2 is 1.92 bits per heavy atom. The molecule has 0 saturated carbocycles. The van der Waals surface area contributed by atoms with Crippen molar-refractivity contribution in [1.82, 2.24) is 9.97 Å². The van der Waals surface area contributed by atoms with Crippen LogP contribution in [0.4, 0.5) is 17.2 Å². The smallest absolute Gasteiger partial charge is 0.274 e. The molecule has 2 N–H and O–H groups in total. The number of amides is 1. The van der Waals surface area contributed by atoms with Crippen molar-refractivity contribution < 1.29 is 4.79 Å². The monoisotopic (exact) mass is 343 g/mol. The van der Waals surface area contributed by atoms with Gasteiger partial charge in [-0.1, -0.05) is 23.8 Å². The highest BCUT2D eigenvalue weighted by atomic mass is 16.1. The van der Waals surface area contributed by atoms with Crippen molar-refractivity contribution in [2.45, 2.75) is 13.8 Å². The number of rotatable bonds is 4. The van der Waals surface area contributed by atoms with Gasteiger partial charge >= 0.3 is 0 Å². The first-order valence-electron chi connectivity index (χ1n) is 8.03. The van der Waals surface area contributed by atoms with E-state index in [0.29, 0.717) is 17.1 Å². The molecule has 0 aliphatic carbocycles. The summed E-state index contributed by atoms with van der Waals surface area (Å²) in [7, 11) is 0. The topological polar surface area (TPSA) is 90.7 Å². The van der Waals surface area contributed by atoms with E-state index < -0.39 is 0 Å². The van der Waals surface area contributed by atoms with E-state index >= 15 is 0 Å². The number of carbonyl (C=O) groups excluding carboxylic acids is 1. The zero-order chi connectivity index (χ0) is 18.5. The second-order valence-corrected chi connectivity index (χ2v) is 5.88. The van der Waals surface area contributed by atoms with Gasteiger partial charge in [-0.15, -0.1) is 0 Å². The van der Waals surface area contributed by atoms with Crippen LogP contribution in [0.25, 0.3) is 0 Å². The lowest BCUT2D eigenvalue weighted by Crippen LogP contribution is -2.15. The van der Waals surface area contributed by atoms with Crippen LogP contribution in [-0.4, -0.2) is 15.9 Å². The van der Waals surface area contributed by atoms with Gasteiger partial charge in [0.25, 0.3) is 5.91 Å². The summed E-state index contributed by atoms with van der Waals surface area (Å²) in [6.07, 6.45) is 1.33. The average Bonchev–Trinajstić information content (AvgIpc) is 2.64. The standard InChI is InChI=1S/C20H17N5O/c1-13-6-7-17(14(2)8-13)25-20(26)18-10-19(23-12-22-18)24-16-5-3-4-15(9-16)11-21/h3-10,12H,1-2H3,(H,25,26)(H,22,23,24). The predicted octanol–water partition coefficient (Wildman–Crippen LogP) is 3.96. The summed E-state index contributed by atoms with van der Waals surface area (Å²) in [5.41, 5.74) is 4.36. The fraction of sp³-hybridized carbons (Fsp3) is 0.100. The first-order valence-corrected chi connectivity index (χ1v) is 8.03. The molecule has 1 aromatic heterocycles. The van der Waals surface area contributed by atoms with Gasteiger partial charge in [0, 0.05) is 17.4 Å². The zero-order valence-electron chi connectivity index (χ0n) is 14.4. The van der Waals surface area contributed by atoms with Crippen LogP contribution in [0.5, 0.6) is 0 Å². The number of nitriles is 1. The quantitative estimate of drug-likeness (QED) is 0.748. The molecule has 0 radical (unpaired) electrons. The van der Waals surface area contributed by atoms with Crippen LogP contribution < -0.4 is 10.6 Å². The van der Waals surface area contributed by atoms with Crippen LogP contribution in [0.15, 0.2) is 54.9 Å². The third kappa shape index (κ3) is 4.02. The maximum absolute atomic E-state index is 12.5. The lowest BCUT2D eigenvalue weighted by atomic mass is 10.1. The third-order valence-electron chi connectivity index (χ3n) is 3.79. The number of hydrogen-bond donors (Lipinski definition) is 2.